The molecule has 2 aliphatic rings. The molecule has 11 nitrogen and oxygen atoms in total. The highest BCUT2D eigenvalue weighted by atomic mass is 19.4. The Morgan fingerprint density at radius 3 is 2.52 bits per heavy atom. The first-order valence-corrected chi connectivity index (χ1v) is 13.7. The Hall–Kier alpha value is -5.45. The number of amides is 1. The first kappa shape index (κ1) is 28.7. The average molecular weight is 603 g/mol. The van der Waals surface area contributed by atoms with Gasteiger partial charge in [0.15, 0.2) is 0 Å². The van der Waals surface area contributed by atoms with E-state index in [2.05, 4.69) is 15.1 Å². The highest BCUT2D eigenvalue weighted by Gasteiger charge is 2.42. The van der Waals surface area contributed by atoms with Crippen LogP contribution < -0.4 is 20.1 Å². The van der Waals surface area contributed by atoms with Crippen molar-refractivity contribution in [3.8, 4) is 11.8 Å². The van der Waals surface area contributed by atoms with Gasteiger partial charge in [0.05, 0.1) is 35.9 Å². The van der Waals surface area contributed by atoms with Gasteiger partial charge in [0, 0.05) is 38.3 Å². The summed E-state index contributed by atoms with van der Waals surface area (Å²) in [7, 11) is 0. The van der Waals surface area contributed by atoms with Gasteiger partial charge in [0.2, 0.25) is 5.95 Å². The number of nitrogens with zero attached hydrogens (tertiary/aromatic N) is 7. The number of fused-ring (bicyclic) bond motifs is 1. The zero-order valence-corrected chi connectivity index (χ0v) is 23.2. The van der Waals surface area contributed by atoms with Crippen molar-refractivity contribution < 1.29 is 22.7 Å². The minimum absolute atomic E-state index is 0.0397. The number of ether oxygens (including phenoxy) is 1. The van der Waals surface area contributed by atoms with E-state index in [1.54, 1.807) is 41.3 Å². The van der Waals surface area contributed by atoms with Gasteiger partial charge in [-0.3, -0.25) is 9.59 Å². The van der Waals surface area contributed by atoms with Crippen molar-refractivity contribution in [1.82, 2.24) is 25.1 Å². The second-order valence-electron chi connectivity index (χ2n) is 10.3. The van der Waals surface area contributed by atoms with E-state index in [9.17, 15) is 22.8 Å². The van der Waals surface area contributed by atoms with Crippen LogP contribution in [0.4, 0.5) is 24.8 Å². The van der Waals surface area contributed by atoms with E-state index in [-0.39, 0.29) is 24.7 Å². The number of piperazine rings is 1. The second kappa shape index (κ2) is 11.7. The molecule has 2 aliphatic heterocycles. The van der Waals surface area contributed by atoms with Gasteiger partial charge in [-0.05, 0) is 29.3 Å². The van der Waals surface area contributed by atoms with Gasteiger partial charge in [-0.2, -0.15) is 23.5 Å². The summed E-state index contributed by atoms with van der Waals surface area (Å²) >= 11 is 0. The van der Waals surface area contributed by atoms with Gasteiger partial charge in [-0.25, -0.2) is 15.1 Å². The number of aromatic nitrogens is 4. The standard InChI is InChI=1S/C30H25F3N8O3/c31-30(32,33)26-24(16-37-38-27(26)42)41-17-21-4-1-2-7-23(21)25(41)18-44-22-6-3-5-20(12-22)28(43)39-8-10-40(11-9-39)29-35-14-19(13-34)15-36-29/h1-7,12,14-16,25H,8-11,17-18H2,(H,38,42)/t25-/m1/s1. The first-order chi connectivity index (χ1) is 21.2. The molecule has 2 aromatic carbocycles. The summed E-state index contributed by atoms with van der Waals surface area (Å²) in [4.78, 5) is 39.1. The molecule has 1 atom stereocenters. The minimum Gasteiger partial charge on any atom is -0.491 e. The molecule has 0 radical (unpaired) electrons. The van der Waals surface area contributed by atoms with Crippen LogP contribution in [0.5, 0.6) is 5.75 Å². The number of alkyl halides is 3. The van der Waals surface area contributed by atoms with Crippen molar-refractivity contribution >= 4 is 17.5 Å². The summed E-state index contributed by atoms with van der Waals surface area (Å²) in [5, 5.41) is 14.5. The quantitative estimate of drug-likeness (QED) is 0.352. The van der Waals surface area contributed by atoms with E-state index >= 15 is 0 Å². The van der Waals surface area contributed by atoms with Crippen LogP contribution in [-0.4, -0.2) is 63.8 Å². The second-order valence-corrected chi connectivity index (χ2v) is 10.3. The lowest BCUT2D eigenvalue weighted by molar-refractivity contribution is -0.138. The third kappa shape index (κ3) is 5.63. The number of carbonyl (C=O) groups is 1. The number of carbonyl (C=O) groups excluding carboxylic acids is 1. The van der Waals surface area contributed by atoms with Gasteiger partial charge < -0.3 is 19.4 Å². The number of H-pyrrole nitrogens is 1. The van der Waals surface area contributed by atoms with E-state index in [4.69, 9.17) is 10.00 Å². The number of nitrogens with one attached hydrogen (secondary N) is 1. The fourth-order valence-corrected chi connectivity index (χ4v) is 5.51. The molecule has 2 aromatic heterocycles. The van der Waals surface area contributed by atoms with Crippen molar-refractivity contribution in [2.75, 3.05) is 42.6 Å². The maximum Gasteiger partial charge on any atom is 0.423 e. The summed E-state index contributed by atoms with van der Waals surface area (Å²) in [6.45, 7) is 2.00. The largest absolute Gasteiger partial charge is 0.491 e. The van der Waals surface area contributed by atoms with Gasteiger partial charge in [-0.15, -0.1) is 0 Å². The Labute approximate surface area is 249 Å². The maximum atomic E-state index is 13.9. The molecule has 6 rings (SSSR count). The predicted molar refractivity (Wildman–Crippen MR) is 152 cm³/mol. The number of nitriles is 1. The van der Waals surface area contributed by atoms with Crippen LogP contribution >= 0.6 is 0 Å². The van der Waals surface area contributed by atoms with E-state index in [0.29, 0.717) is 49.0 Å². The van der Waals surface area contributed by atoms with Crippen LogP contribution in [0.15, 0.2) is 71.9 Å². The zero-order valence-electron chi connectivity index (χ0n) is 23.2. The monoisotopic (exact) mass is 602 g/mol. The number of benzene rings is 2. The van der Waals surface area contributed by atoms with Gasteiger partial charge in [0.1, 0.15) is 24.0 Å². The molecular formula is C30H25F3N8O3. The molecule has 1 amide bonds. The lowest BCUT2D eigenvalue weighted by Gasteiger charge is -2.34. The molecule has 1 N–H and O–H groups in total. The van der Waals surface area contributed by atoms with Crippen LogP contribution in [0.1, 0.15) is 38.7 Å². The van der Waals surface area contributed by atoms with Crippen molar-refractivity contribution in [3.05, 3.63) is 105 Å². The third-order valence-electron chi connectivity index (χ3n) is 7.67. The Bertz CT molecular complexity index is 1780. The van der Waals surface area contributed by atoms with Gasteiger partial charge in [0.25, 0.3) is 11.5 Å². The van der Waals surface area contributed by atoms with Crippen LogP contribution in [0.2, 0.25) is 0 Å². The normalized spacial score (nSPS) is 16.4. The highest BCUT2D eigenvalue weighted by Crippen LogP contribution is 2.42. The maximum absolute atomic E-state index is 13.9. The molecule has 14 heteroatoms. The van der Waals surface area contributed by atoms with Gasteiger partial charge in [-0.1, -0.05) is 30.3 Å². The molecule has 1 saturated heterocycles. The zero-order chi connectivity index (χ0) is 30.8. The van der Waals surface area contributed by atoms with Crippen LogP contribution in [-0.2, 0) is 12.7 Å². The summed E-state index contributed by atoms with van der Waals surface area (Å²) in [6, 6.07) is 15.2. The highest BCUT2D eigenvalue weighted by molar-refractivity contribution is 5.94. The Balaban J connectivity index is 1.16. The molecular weight excluding hydrogens is 577 g/mol. The Kier molecular flexibility index (Phi) is 7.60. The van der Waals surface area contributed by atoms with Gasteiger partial charge >= 0.3 is 6.18 Å². The SMILES string of the molecule is N#Cc1cnc(N2CCN(C(=O)c3cccc(OC[C@@H]4c5ccccc5CN4c4cn[nH]c(=O)c4C(F)(F)F)c3)CC2)nc1. The Morgan fingerprint density at radius 2 is 1.80 bits per heavy atom. The molecule has 224 valence electrons. The van der Waals surface area contributed by atoms with Crippen LogP contribution in [0.3, 0.4) is 0 Å². The lowest BCUT2D eigenvalue weighted by Crippen LogP contribution is -2.49. The smallest absolute Gasteiger partial charge is 0.423 e. The summed E-state index contributed by atoms with van der Waals surface area (Å²) in [6.07, 6.45) is -0.961. The first-order valence-electron chi connectivity index (χ1n) is 13.7. The Morgan fingerprint density at radius 1 is 1.05 bits per heavy atom. The predicted octanol–water partition coefficient (Wildman–Crippen LogP) is 3.55. The molecule has 0 unspecified atom stereocenters. The number of hydrogen-bond acceptors (Lipinski definition) is 9. The van der Waals surface area contributed by atoms with Crippen molar-refractivity contribution in [3.63, 3.8) is 0 Å². The fourth-order valence-electron chi connectivity index (χ4n) is 5.51. The molecule has 0 bridgehead atoms. The number of halogens is 3. The molecule has 44 heavy (non-hydrogen) atoms. The lowest BCUT2D eigenvalue weighted by atomic mass is 10.1. The summed E-state index contributed by atoms with van der Waals surface area (Å²) in [5.41, 5.74) is -0.604. The molecule has 1 fully saturated rings. The van der Waals surface area contributed by atoms with E-state index in [0.717, 1.165) is 17.3 Å². The van der Waals surface area contributed by atoms with E-state index in [1.165, 1.54) is 17.3 Å². The van der Waals surface area contributed by atoms with Crippen molar-refractivity contribution in [2.24, 2.45) is 0 Å². The van der Waals surface area contributed by atoms with Crippen LogP contribution in [0, 0.1) is 11.3 Å². The topological polar surface area (TPSA) is 131 Å². The number of hydrogen-bond donors (Lipinski definition) is 1. The van der Waals surface area contributed by atoms with E-state index < -0.39 is 23.3 Å². The molecule has 4 aromatic rings. The van der Waals surface area contributed by atoms with Crippen molar-refractivity contribution in [2.45, 2.75) is 18.8 Å². The third-order valence-corrected chi connectivity index (χ3v) is 7.67. The molecule has 0 spiro atoms. The summed E-state index contributed by atoms with van der Waals surface area (Å²) < 4.78 is 47.8. The number of aromatic amines is 1. The molecule has 0 saturated carbocycles. The van der Waals surface area contributed by atoms with Crippen molar-refractivity contribution in [1.29, 1.82) is 5.26 Å². The number of rotatable bonds is 6. The fraction of sp³-hybridized carbons (Fsp3) is 0.267. The van der Waals surface area contributed by atoms with E-state index in [1.807, 2.05) is 28.2 Å². The molecule has 0 aliphatic carbocycles. The number of anilines is 2. The van der Waals surface area contributed by atoms with Crippen LogP contribution in [0.25, 0.3) is 0 Å². The summed E-state index contributed by atoms with van der Waals surface area (Å²) in [5.74, 6) is 0.685. The minimum atomic E-state index is -4.89. The average Bonchev–Trinajstić information content (AvgIpc) is 3.41. The molecule has 4 heterocycles.